The molecule has 0 spiro atoms. The Balaban J connectivity index is 1.74. The van der Waals surface area contributed by atoms with E-state index >= 15 is 0 Å². The van der Waals surface area contributed by atoms with E-state index in [0.717, 1.165) is 38.4 Å². The fraction of sp³-hybridized carbons (Fsp3) is 0.615. The molecule has 0 bridgehead atoms. The highest BCUT2D eigenvalue weighted by Gasteiger charge is 2.19. The Bertz CT molecular complexity index is 429. The molecular formula is C13H21N5O2. The van der Waals surface area contributed by atoms with Gasteiger partial charge in [0.1, 0.15) is 5.82 Å². The number of aromatic nitrogens is 2. The monoisotopic (exact) mass is 279 g/mol. The molecule has 2 rings (SSSR count). The maximum atomic E-state index is 11.4. The Kier molecular flexibility index (Phi) is 5.25. The van der Waals surface area contributed by atoms with Crippen molar-refractivity contribution in [3.8, 4) is 0 Å². The molecule has 1 aliphatic rings. The van der Waals surface area contributed by atoms with E-state index in [4.69, 9.17) is 10.5 Å². The zero-order valence-electron chi connectivity index (χ0n) is 11.8. The van der Waals surface area contributed by atoms with Crippen molar-refractivity contribution in [2.75, 3.05) is 45.1 Å². The first kappa shape index (κ1) is 14.7. The van der Waals surface area contributed by atoms with Gasteiger partial charge in [-0.15, -0.1) is 0 Å². The van der Waals surface area contributed by atoms with Crippen LogP contribution in [0.2, 0.25) is 0 Å². The number of anilines is 1. The predicted octanol–water partition coefficient (Wildman–Crippen LogP) is -0.260. The van der Waals surface area contributed by atoms with Gasteiger partial charge in [0.2, 0.25) is 0 Å². The van der Waals surface area contributed by atoms with Crippen LogP contribution < -0.4 is 5.73 Å². The van der Waals surface area contributed by atoms with Gasteiger partial charge in [-0.2, -0.15) is 0 Å². The molecule has 0 saturated carbocycles. The highest BCUT2D eigenvalue weighted by molar-refractivity contribution is 5.71. The molecule has 0 radical (unpaired) electrons. The van der Waals surface area contributed by atoms with Crippen molar-refractivity contribution in [3.05, 3.63) is 18.1 Å². The summed E-state index contributed by atoms with van der Waals surface area (Å²) in [4.78, 5) is 24.1. The van der Waals surface area contributed by atoms with Crippen molar-refractivity contribution in [2.45, 2.75) is 13.5 Å². The first-order valence-electron chi connectivity index (χ1n) is 6.84. The number of nitrogen functional groups attached to an aromatic ring is 1. The number of hydrogen-bond donors (Lipinski definition) is 1. The molecule has 0 aromatic carbocycles. The van der Waals surface area contributed by atoms with Crippen LogP contribution in [-0.2, 0) is 16.1 Å². The van der Waals surface area contributed by atoms with Crippen LogP contribution in [-0.4, -0.2) is 65.1 Å². The predicted molar refractivity (Wildman–Crippen MR) is 74.8 cm³/mol. The summed E-state index contributed by atoms with van der Waals surface area (Å²) in [5.41, 5.74) is 6.43. The van der Waals surface area contributed by atoms with Crippen molar-refractivity contribution in [3.63, 3.8) is 0 Å². The summed E-state index contributed by atoms with van der Waals surface area (Å²) in [6.07, 6.45) is 3.28. The van der Waals surface area contributed by atoms with Gasteiger partial charge in [0, 0.05) is 32.7 Å². The maximum Gasteiger partial charge on any atom is 0.320 e. The van der Waals surface area contributed by atoms with Gasteiger partial charge in [-0.3, -0.25) is 19.6 Å². The third kappa shape index (κ3) is 4.43. The van der Waals surface area contributed by atoms with E-state index in [9.17, 15) is 4.79 Å². The standard InChI is InChI=1S/C13H21N5O2/c1-2-20-13(19)10-18-5-3-17(4-6-18)9-11-7-16-12(14)8-15-11/h7-8H,2-6,9-10H2,1H3,(H2,14,16). The minimum absolute atomic E-state index is 0.148. The van der Waals surface area contributed by atoms with E-state index in [-0.39, 0.29) is 5.97 Å². The Morgan fingerprint density at radius 3 is 2.55 bits per heavy atom. The average molecular weight is 279 g/mol. The SMILES string of the molecule is CCOC(=O)CN1CCN(Cc2cnc(N)cn2)CC1. The summed E-state index contributed by atoms with van der Waals surface area (Å²) in [5, 5.41) is 0. The summed E-state index contributed by atoms with van der Waals surface area (Å²) >= 11 is 0. The van der Waals surface area contributed by atoms with Gasteiger partial charge in [0.15, 0.2) is 0 Å². The quantitative estimate of drug-likeness (QED) is 0.743. The molecule has 1 aromatic rings. The van der Waals surface area contributed by atoms with Crippen molar-refractivity contribution in [1.82, 2.24) is 19.8 Å². The van der Waals surface area contributed by atoms with Crippen LogP contribution in [0.1, 0.15) is 12.6 Å². The van der Waals surface area contributed by atoms with E-state index in [0.29, 0.717) is 19.0 Å². The maximum absolute atomic E-state index is 11.4. The molecule has 0 aliphatic carbocycles. The number of carbonyl (C=O) groups is 1. The third-order valence-corrected chi connectivity index (χ3v) is 3.23. The molecule has 1 aromatic heterocycles. The van der Waals surface area contributed by atoms with Crippen molar-refractivity contribution in [1.29, 1.82) is 0 Å². The Labute approximate surface area is 118 Å². The summed E-state index contributed by atoms with van der Waals surface area (Å²) in [7, 11) is 0. The molecule has 0 amide bonds. The summed E-state index contributed by atoms with van der Waals surface area (Å²) in [6, 6.07) is 0. The van der Waals surface area contributed by atoms with Gasteiger partial charge in [-0.25, -0.2) is 4.98 Å². The number of nitrogens with two attached hydrogens (primary N) is 1. The lowest BCUT2D eigenvalue weighted by molar-refractivity contribution is -0.144. The lowest BCUT2D eigenvalue weighted by Crippen LogP contribution is -2.47. The number of nitrogens with zero attached hydrogens (tertiary/aromatic N) is 4. The molecule has 0 atom stereocenters. The summed E-state index contributed by atoms with van der Waals surface area (Å²) in [5.74, 6) is 0.290. The van der Waals surface area contributed by atoms with Crippen LogP contribution in [0.3, 0.4) is 0 Å². The second kappa shape index (κ2) is 7.16. The van der Waals surface area contributed by atoms with Crippen LogP contribution in [0, 0.1) is 0 Å². The van der Waals surface area contributed by atoms with Crippen LogP contribution in [0.4, 0.5) is 5.82 Å². The van der Waals surface area contributed by atoms with Crippen LogP contribution in [0.15, 0.2) is 12.4 Å². The highest BCUT2D eigenvalue weighted by atomic mass is 16.5. The zero-order valence-corrected chi connectivity index (χ0v) is 11.8. The van der Waals surface area contributed by atoms with Gasteiger partial charge >= 0.3 is 5.97 Å². The molecule has 20 heavy (non-hydrogen) atoms. The first-order chi connectivity index (χ1) is 9.67. The average Bonchev–Trinajstić information content (AvgIpc) is 2.44. The minimum atomic E-state index is -0.148. The fourth-order valence-corrected chi connectivity index (χ4v) is 2.17. The molecule has 2 heterocycles. The van der Waals surface area contributed by atoms with Gasteiger partial charge in [0.25, 0.3) is 0 Å². The molecule has 1 saturated heterocycles. The molecule has 110 valence electrons. The summed E-state index contributed by atoms with van der Waals surface area (Å²) in [6.45, 7) is 6.95. The molecule has 1 fully saturated rings. The van der Waals surface area contributed by atoms with Crippen LogP contribution in [0.25, 0.3) is 0 Å². The van der Waals surface area contributed by atoms with Gasteiger partial charge in [-0.1, -0.05) is 0 Å². The summed E-state index contributed by atoms with van der Waals surface area (Å²) < 4.78 is 4.95. The molecule has 2 N–H and O–H groups in total. The number of hydrogen-bond acceptors (Lipinski definition) is 7. The zero-order chi connectivity index (χ0) is 14.4. The van der Waals surface area contributed by atoms with E-state index in [2.05, 4.69) is 19.8 Å². The molecule has 7 nitrogen and oxygen atoms in total. The smallest absolute Gasteiger partial charge is 0.320 e. The fourth-order valence-electron chi connectivity index (χ4n) is 2.17. The Hall–Kier alpha value is -1.73. The lowest BCUT2D eigenvalue weighted by Gasteiger charge is -2.33. The van der Waals surface area contributed by atoms with E-state index in [1.54, 1.807) is 12.4 Å². The van der Waals surface area contributed by atoms with Gasteiger partial charge in [0.05, 0.1) is 31.2 Å². The molecule has 1 aliphatic heterocycles. The minimum Gasteiger partial charge on any atom is -0.465 e. The second-order valence-corrected chi connectivity index (χ2v) is 4.79. The van der Waals surface area contributed by atoms with Crippen molar-refractivity contribution < 1.29 is 9.53 Å². The normalized spacial score (nSPS) is 17.1. The Morgan fingerprint density at radius 2 is 1.95 bits per heavy atom. The molecular weight excluding hydrogens is 258 g/mol. The van der Waals surface area contributed by atoms with Gasteiger partial charge < -0.3 is 10.5 Å². The number of rotatable bonds is 5. The van der Waals surface area contributed by atoms with E-state index < -0.39 is 0 Å². The number of ether oxygens (including phenoxy) is 1. The van der Waals surface area contributed by atoms with Crippen molar-refractivity contribution >= 4 is 11.8 Å². The van der Waals surface area contributed by atoms with Crippen LogP contribution >= 0.6 is 0 Å². The number of esters is 1. The lowest BCUT2D eigenvalue weighted by atomic mass is 10.3. The van der Waals surface area contributed by atoms with Crippen LogP contribution in [0.5, 0.6) is 0 Å². The second-order valence-electron chi connectivity index (χ2n) is 4.79. The third-order valence-electron chi connectivity index (χ3n) is 3.23. The van der Waals surface area contributed by atoms with Gasteiger partial charge in [-0.05, 0) is 6.92 Å². The highest BCUT2D eigenvalue weighted by Crippen LogP contribution is 2.06. The topological polar surface area (TPSA) is 84.6 Å². The van der Waals surface area contributed by atoms with Crippen molar-refractivity contribution in [2.24, 2.45) is 0 Å². The number of piperazine rings is 1. The Morgan fingerprint density at radius 1 is 1.25 bits per heavy atom. The van der Waals surface area contributed by atoms with E-state index in [1.165, 1.54) is 0 Å². The van der Waals surface area contributed by atoms with E-state index in [1.807, 2.05) is 6.92 Å². The molecule has 0 unspecified atom stereocenters. The number of carbonyl (C=O) groups excluding carboxylic acids is 1. The molecule has 7 heteroatoms. The first-order valence-corrected chi connectivity index (χ1v) is 6.84. The largest absolute Gasteiger partial charge is 0.465 e.